The molecule has 6 rings (SSSR count). The standard InChI is InChI=1S/C28H20B2O8S2/c1-33-27(31)17-3-13-23-25(15-17)37-29(35-23)19-5-9-21(10-6-19)39-40-22-11-7-20(8-12-22)30-36-24-14-4-18(28(32)34-2)16-26(24)38-30/h3-16H,1-2H3. The van der Waals surface area contributed by atoms with E-state index in [0.29, 0.717) is 34.1 Å². The number of esters is 2. The number of fused-ring (bicyclic) bond motifs is 2. The van der Waals surface area contributed by atoms with Crippen LogP contribution in [-0.2, 0) is 9.47 Å². The van der Waals surface area contributed by atoms with Crippen LogP contribution in [-0.4, -0.2) is 40.4 Å². The number of methoxy groups -OCH3 is 2. The molecule has 40 heavy (non-hydrogen) atoms. The van der Waals surface area contributed by atoms with Crippen LogP contribution in [0.15, 0.2) is 94.7 Å². The van der Waals surface area contributed by atoms with Crippen molar-refractivity contribution in [2.75, 3.05) is 14.2 Å². The number of hydrogen-bond donors (Lipinski definition) is 0. The summed E-state index contributed by atoms with van der Waals surface area (Å²) in [6.45, 7) is 0. The Labute approximate surface area is 238 Å². The molecule has 0 aromatic heterocycles. The summed E-state index contributed by atoms with van der Waals surface area (Å²) in [5.41, 5.74) is 2.55. The van der Waals surface area contributed by atoms with Crippen molar-refractivity contribution in [2.45, 2.75) is 9.79 Å². The molecule has 4 aromatic rings. The van der Waals surface area contributed by atoms with Crippen molar-refractivity contribution in [1.82, 2.24) is 0 Å². The predicted molar refractivity (Wildman–Crippen MR) is 153 cm³/mol. The fourth-order valence-corrected chi connectivity index (χ4v) is 6.05. The molecule has 0 spiro atoms. The minimum Gasteiger partial charge on any atom is -0.519 e. The summed E-state index contributed by atoms with van der Waals surface area (Å²) < 4.78 is 33.1. The van der Waals surface area contributed by atoms with Crippen LogP contribution in [0, 0.1) is 0 Å². The number of carbonyl (C=O) groups excluding carboxylic acids is 2. The fraction of sp³-hybridized carbons (Fsp3) is 0.0714. The van der Waals surface area contributed by atoms with Gasteiger partial charge in [-0.05, 0) is 60.7 Å². The molecule has 0 amide bonds. The highest BCUT2D eigenvalue weighted by Gasteiger charge is 2.35. The lowest BCUT2D eigenvalue weighted by Crippen LogP contribution is -2.38. The maximum absolute atomic E-state index is 11.8. The lowest BCUT2D eigenvalue weighted by Gasteiger charge is -2.07. The second-order valence-electron chi connectivity index (χ2n) is 8.75. The fourth-order valence-electron chi connectivity index (χ4n) is 4.12. The Morgan fingerprint density at radius 2 is 0.925 bits per heavy atom. The van der Waals surface area contributed by atoms with E-state index >= 15 is 0 Å². The van der Waals surface area contributed by atoms with Gasteiger partial charge in [0.2, 0.25) is 0 Å². The third kappa shape index (κ3) is 5.32. The number of rotatable bonds is 7. The normalized spacial score (nSPS) is 12.8. The molecule has 8 nitrogen and oxygen atoms in total. The van der Waals surface area contributed by atoms with Crippen LogP contribution in [0.5, 0.6) is 23.0 Å². The lowest BCUT2D eigenvalue weighted by molar-refractivity contribution is 0.0591. The summed E-state index contributed by atoms with van der Waals surface area (Å²) in [7, 11) is 4.78. The zero-order valence-corrected chi connectivity index (χ0v) is 23.0. The van der Waals surface area contributed by atoms with Crippen LogP contribution in [0.2, 0.25) is 0 Å². The van der Waals surface area contributed by atoms with Gasteiger partial charge in [-0.3, -0.25) is 0 Å². The van der Waals surface area contributed by atoms with Crippen molar-refractivity contribution in [3.8, 4) is 23.0 Å². The van der Waals surface area contributed by atoms with Gasteiger partial charge in [0, 0.05) is 20.7 Å². The van der Waals surface area contributed by atoms with Gasteiger partial charge >= 0.3 is 26.2 Å². The first kappa shape index (κ1) is 26.1. The van der Waals surface area contributed by atoms with Gasteiger partial charge < -0.3 is 28.1 Å². The Bertz CT molecular complexity index is 1460. The van der Waals surface area contributed by atoms with Gasteiger partial charge in [0.15, 0.2) is 0 Å². The van der Waals surface area contributed by atoms with Gasteiger partial charge in [-0.25, -0.2) is 9.59 Å². The van der Waals surface area contributed by atoms with E-state index in [-0.39, 0.29) is 0 Å². The highest BCUT2D eigenvalue weighted by atomic mass is 33.1. The van der Waals surface area contributed by atoms with Crippen LogP contribution in [0.3, 0.4) is 0 Å². The largest absolute Gasteiger partial charge is 0.632 e. The summed E-state index contributed by atoms with van der Waals surface area (Å²) in [4.78, 5) is 25.7. The molecule has 0 atom stereocenters. The van der Waals surface area contributed by atoms with Gasteiger partial charge in [0.1, 0.15) is 23.0 Å². The average Bonchev–Trinajstić information content (AvgIpc) is 3.63. The molecule has 0 radical (unpaired) electrons. The van der Waals surface area contributed by atoms with Gasteiger partial charge in [-0.15, -0.1) is 0 Å². The summed E-state index contributed by atoms with van der Waals surface area (Å²) in [6.07, 6.45) is 0. The Kier molecular flexibility index (Phi) is 7.27. The molecular weight excluding hydrogens is 550 g/mol. The molecule has 0 saturated heterocycles. The highest BCUT2D eigenvalue weighted by molar-refractivity contribution is 8.76. The van der Waals surface area contributed by atoms with Crippen molar-refractivity contribution >= 4 is 58.7 Å². The number of carbonyl (C=O) groups is 2. The molecule has 2 aliphatic heterocycles. The van der Waals surface area contributed by atoms with E-state index < -0.39 is 26.2 Å². The maximum atomic E-state index is 11.8. The molecule has 2 heterocycles. The topological polar surface area (TPSA) is 89.5 Å². The van der Waals surface area contributed by atoms with Crippen molar-refractivity contribution in [3.05, 3.63) is 96.1 Å². The smallest absolute Gasteiger partial charge is 0.519 e. The van der Waals surface area contributed by atoms with Gasteiger partial charge in [0.25, 0.3) is 0 Å². The van der Waals surface area contributed by atoms with Crippen LogP contribution >= 0.6 is 21.6 Å². The zero-order valence-electron chi connectivity index (χ0n) is 21.3. The van der Waals surface area contributed by atoms with Gasteiger partial charge in [-0.1, -0.05) is 45.9 Å². The molecule has 0 unspecified atom stereocenters. The minimum absolute atomic E-state index is 0.407. The average molecular weight is 570 g/mol. The third-order valence-electron chi connectivity index (χ3n) is 6.20. The van der Waals surface area contributed by atoms with Crippen LogP contribution in [0.4, 0.5) is 0 Å². The van der Waals surface area contributed by atoms with E-state index in [2.05, 4.69) is 0 Å². The predicted octanol–water partition coefficient (Wildman–Crippen LogP) is 4.39. The van der Waals surface area contributed by atoms with E-state index in [0.717, 1.165) is 20.7 Å². The highest BCUT2D eigenvalue weighted by Crippen LogP contribution is 2.38. The summed E-state index contributed by atoms with van der Waals surface area (Å²) in [5, 5.41) is 0. The minimum atomic E-state index is -0.583. The van der Waals surface area contributed by atoms with Gasteiger partial charge in [-0.2, -0.15) is 0 Å². The quantitative estimate of drug-likeness (QED) is 0.181. The summed E-state index contributed by atoms with van der Waals surface area (Å²) in [6, 6.07) is 25.8. The Hall–Kier alpha value is -4.15. The van der Waals surface area contributed by atoms with E-state index in [9.17, 15) is 9.59 Å². The van der Waals surface area contributed by atoms with E-state index in [4.69, 9.17) is 28.1 Å². The molecule has 0 aliphatic carbocycles. The van der Waals surface area contributed by atoms with Crippen molar-refractivity contribution in [3.63, 3.8) is 0 Å². The van der Waals surface area contributed by atoms with Crippen LogP contribution < -0.4 is 29.5 Å². The molecule has 0 saturated carbocycles. The van der Waals surface area contributed by atoms with Crippen molar-refractivity contribution in [1.29, 1.82) is 0 Å². The monoisotopic (exact) mass is 570 g/mol. The first-order valence-corrected chi connectivity index (χ1v) is 14.3. The van der Waals surface area contributed by atoms with E-state index in [1.807, 2.05) is 48.5 Å². The molecule has 0 bridgehead atoms. The second kappa shape index (κ2) is 11.1. The first-order chi connectivity index (χ1) is 19.5. The number of hydrogen-bond acceptors (Lipinski definition) is 10. The summed E-state index contributed by atoms with van der Waals surface area (Å²) >= 11 is 0. The molecule has 12 heteroatoms. The third-order valence-corrected chi connectivity index (χ3v) is 8.62. The molecule has 0 fully saturated rings. The number of ether oxygens (including phenoxy) is 2. The molecule has 0 N–H and O–H groups in total. The van der Waals surface area contributed by atoms with Crippen molar-refractivity contribution in [2.24, 2.45) is 0 Å². The Morgan fingerprint density at radius 1 is 0.550 bits per heavy atom. The lowest BCUT2D eigenvalue weighted by atomic mass is 9.79. The Balaban J connectivity index is 1.03. The molecule has 2 aliphatic rings. The maximum Gasteiger partial charge on any atom is 0.632 e. The molecule has 198 valence electrons. The first-order valence-electron chi connectivity index (χ1n) is 12.2. The zero-order chi connectivity index (χ0) is 27.6. The number of benzene rings is 4. The molecule has 4 aromatic carbocycles. The summed E-state index contributed by atoms with van der Waals surface area (Å²) in [5.74, 6) is 1.33. The van der Waals surface area contributed by atoms with Crippen LogP contribution in [0.1, 0.15) is 20.7 Å². The van der Waals surface area contributed by atoms with Crippen molar-refractivity contribution < 1.29 is 37.7 Å². The van der Waals surface area contributed by atoms with Crippen LogP contribution in [0.25, 0.3) is 0 Å². The van der Waals surface area contributed by atoms with E-state index in [1.165, 1.54) is 14.2 Å². The molecular formula is C28H20B2O8S2. The van der Waals surface area contributed by atoms with Gasteiger partial charge in [0.05, 0.1) is 25.3 Å². The SMILES string of the molecule is COC(=O)c1ccc2c(c1)OB(c1ccc(SSc3ccc(B4Oc5ccc(C(=O)OC)cc5O4)cc3)cc1)O2. The Morgan fingerprint density at radius 3 is 1.30 bits per heavy atom. The van der Waals surface area contributed by atoms with E-state index in [1.54, 1.807) is 58.0 Å². The second-order valence-corrected chi connectivity index (χ2v) is 11.0.